The molecule has 0 saturated carbocycles. The highest BCUT2D eigenvalue weighted by atomic mass is 32.2. The largest absolute Gasteiger partial charge is 0.335 e. The molecule has 1 aliphatic rings. The summed E-state index contributed by atoms with van der Waals surface area (Å²) in [5.74, 6) is 1.00. The third-order valence-electron chi connectivity index (χ3n) is 3.67. The molecule has 1 N–H and O–H groups in total. The lowest BCUT2D eigenvalue weighted by atomic mass is 9.97. The smallest absolute Gasteiger partial charge is 0.175 e. The van der Waals surface area contributed by atoms with Crippen molar-refractivity contribution in [3.63, 3.8) is 0 Å². The molecule has 0 aliphatic carbocycles. The van der Waals surface area contributed by atoms with Gasteiger partial charge in [-0.2, -0.15) is 0 Å². The number of rotatable bonds is 4. The third-order valence-corrected chi connectivity index (χ3v) is 5.94. The van der Waals surface area contributed by atoms with Crippen molar-refractivity contribution in [2.75, 3.05) is 17.3 Å². The van der Waals surface area contributed by atoms with Crippen LogP contribution >= 0.6 is 11.8 Å². The second kappa shape index (κ2) is 5.77. The molecule has 0 spiro atoms. The van der Waals surface area contributed by atoms with Crippen LogP contribution in [0.5, 0.6) is 0 Å². The molecule has 4 nitrogen and oxygen atoms in total. The Hall–Kier alpha value is -1.01. The zero-order valence-electron chi connectivity index (χ0n) is 12.0. The van der Waals surface area contributed by atoms with E-state index in [0.717, 1.165) is 29.4 Å². The summed E-state index contributed by atoms with van der Waals surface area (Å²) < 4.78 is 22.8. The molecule has 0 radical (unpaired) electrons. The normalized spacial score (nSPS) is 17.9. The monoisotopic (exact) mass is 312 g/mol. The fourth-order valence-electron chi connectivity index (χ4n) is 2.07. The number of anilines is 1. The second-order valence-electron chi connectivity index (χ2n) is 5.06. The van der Waals surface area contributed by atoms with E-state index in [1.807, 2.05) is 0 Å². The van der Waals surface area contributed by atoms with Gasteiger partial charge in [-0.05, 0) is 37.1 Å². The summed E-state index contributed by atoms with van der Waals surface area (Å²) in [6.07, 6.45) is 3.28. The summed E-state index contributed by atoms with van der Waals surface area (Å²) in [5, 5.41) is 4.18. The van der Waals surface area contributed by atoms with Crippen molar-refractivity contribution in [2.45, 2.75) is 37.1 Å². The second-order valence-corrected chi connectivity index (χ2v) is 8.04. The van der Waals surface area contributed by atoms with E-state index in [9.17, 15) is 8.42 Å². The first-order valence-corrected chi connectivity index (χ1v) is 9.56. The molecule has 0 unspecified atom stereocenters. The van der Waals surface area contributed by atoms with Crippen LogP contribution in [0.25, 0.3) is 0 Å². The summed E-state index contributed by atoms with van der Waals surface area (Å²) >= 11 is 1.72. The fraction of sp³-hybridized carbons (Fsp3) is 0.500. The van der Waals surface area contributed by atoms with Gasteiger partial charge in [0.05, 0.1) is 10.4 Å². The molecule has 0 aromatic heterocycles. The Morgan fingerprint density at radius 3 is 2.30 bits per heavy atom. The molecular weight excluding hydrogens is 292 g/mol. The molecule has 20 heavy (non-hydrogen) atoms. The van der Waals surface area contributed by atoms with Crippen molar-refractivity contribution in [3.8, 4) is 0 Å². The highest BCUT2D eigenvalue weighted by Gasteiger charge is 2.32. The predicted octanol–water partition coefficient (Wildman–Crippen LogP) is 3.16. The molecule has 2 rings (SSSR count). The van der Waals surface area contributed by atoms with E-state index < -0.39 is 9.84 Å². The van der Waals surface area contributed by atoms with Crippen LogP contribution < -0.4 is 5.32 Å². The lowest BCUT2D eigenvalue weighted by molar-refractivity contribution is 0.456. The number of sulfone groups is 1. The third kappa shape index (κ3) is 3.35. The minimum absolute atomic E-state index is 0.0553. The number of aliphatic imine (C=N–C) groups is 1. The van der Waals surface area contributed by atoms with Crippen LogP contribution in [-0.4, -0.2) is 31.1 Å². The lowest BCUT2D eigenvalue weighted by Crippen LogP contribution is -2.24. The minimum Gasteiger partial charge on any atom is -0.335 e. The van der Waals surface area contributed by atoms with E-state index in [-0.39, 0.29) is 5.54 Å². The Morgan fingerprint density at radius 1 is 1.25 bits per heavy atom. The van der Waals surface area contributed by atoms with E-state index in [4.69, 9.17) is 4.99 Å². The van der Waals surface area contributed by atoms with Crippen LogP contribution in [0.1, 0.15) is 26.7 Å². The number of benzene rings is 1. The molecule has 6 heteroatoms. The summed E-state index contributed by atoms with van der Waals surface area (Å²) in [6, 6.07) is 6.78. The number of nitrogens with one attached hydrogen (secondary N) is 1. The first-order valence-electron chi connectivity index (χ1n) is 6.68. The van der Waals surface area contributed by atoms with Crippen molar-refractivity contribution in [1.82, 2.24) is 0 Å². The predicted molar refractivity (Wildman–Crippen MR) is 86.4 cm³/mol. The Labute approximate surface area is 125 Å². The van der Waals surface area contributed by atoms with Crippen LogP contribution in [0.15, 0.2) is 34.2 Å². The van der Waals surface area contributed by atoms with E-state index in [1.54, 1.807) is 36.0 Å². The highest BCUT2D eigenvalue weighted by molar-refractivity contribution is 8.14. The van der Waals surface area contributed by atoms with Gasteiger partial charge in [0.15, 0.2) is 15.0 Å². The van der Waals surface area contributed by atoms with Gasteiger partial charge < -0.3 is 5.32 Å². The molecule has 1 aromatic rings. The Morgan fingerprint density at radius 2 is 1.85 bits per heavy atom. The van der Waals surface area contributed by atoms with Crippen LogP contribution in [0.2, 0.25) is 0 Å². The molecule has 0 bridgehead atoms. The van der Waals surface area contributed by atoms with E-state index in [2.05, 4.69) is 19.2 Å². The molecular formula is C14H20N2O2S2. The van der Waals surface area contributed by atoms with Crippen LogP contribution in [-0.2, 0) is 9.84 Å². The van der Waals surface area contributed by atoms with Gasteiger partial charge >= 0.3 is 0 Å². The van der Waals surface area contributed by atoms with Gasteiger partial charge in [-0.3, -0.25) is 4.99 Å². The van der Waals surface area contributed by atoms with E-state index >= 15 is 0 Å². The van der Waals surface area contributed by atoms with Gasteiger partial charge in [0.2, 0.25) is 0 Å². The first-order chi connectivity index (χ1) is 9.38. The van der Waals surface area contributed by atoms with Crippen molar-refractivity contribution in [1.29, 1.82) is 0 Å². The standard InChI is InChI=1S/C14H20N2O2S2/c1-4-14(5-2)10-19-13(16-14)15-11-6-8-12(9-7-11)20(3,17)18/h6-9H,4-5,10H2,1-3H3,(H,15,16). The van der Waals surface area contributed by atoms with Gasteiger partial charge in [0.1, 0.15) is 0 Å². The Balaban J connectivity index is 2.12. The maximum absolute atomic E-state index is 11.4. The Kier molecular flexibility index (Phi) is 4.44. The van der Waals surface area contributed by atoms with E-state index in [1.165, 1.54) is 6.26 Å². The first kappa shape index (κ1) is 15.4. The Bertz CT molecular complexity index is 603. The van der Waals surface area contributed by atoms with E-state index in [0.29, 0.717) is 4.90 Å². The van der Waals surface area contributed by atoms with Gasteiger partial charge in [0, 0.05) is 17.7 Å². The molecule has 0 amide bonds. The van der Waals surface area contributed by atoms with Crippen LogP contribution in [0, 0.1) is 0 Å². The van der Waals surface area contributed by atoms with Crippen molar-refractivity contribution < 1.29 is 8.42 Å². The zero-order valence-corrected chi connectivity index (χ0v) is 13.6. The van der Waals surface area contributed by atoms with Gasteiger partial charge in [-0.1, -0.05) is 25.6 Å². The number of hydrogen-bond donors (Lipinski definition) is 1. The summed E-state index contributed by atoms with van der Waals surface area (Å²) in [5.41, 5.74) is 0.923. The number of thioether (sulfide) groups is 1. The van der Waals surface area contributed by atoms with Gasteiger partial charge in [-0.25, -0.2) is 8.42 Å². The number of hydrogen-bond acceptors (Lipinski definition) is 5. The SMILES string of the molecule is CCC1(CC)CSC(Nc2ccc(S(C)(=O)=O)cc2)=N1. The van der Waals surface area contributed by atoms with Gasteiger partial charge in [-0.15, -0.1) is 0 Å². The summed E-state index contributed by atoms with van der Waals surface area (Å²) in [4.78, 5) is 5.11. The molecule has 1 aromatic carbocycles. The average molecular weight is 312 g/mol. The summed E-state index contributed by atoms with van der Waals surface area (Å²) in [6.45, 7) is 4.33. The quantitative estimate of drug-likeness (QED) is 0.928. The highest BCUT2D eigenvalue weighted by Crippen LogP contribution is 2.33. The maximum Gasteiger partial charge on any atom is 0.175 e. The average Bonchev–Trinajstić information content (AvgIpc) is 2.82. The molecule has 110 valence electrons. The number of amidine groups is 1. The lowest BCUT2D eigenvalue weighted by Gasteiger charge is -2.20. The van der Waals surface area contributed by atoms with Crippen molar-refractivity contribution >= 4 is 32.5 Å². The molecule has 1 aliphatic heterocycles. The molecule has 0 fully saturated rings. The van der Waals surface area contributed by atoms with Crippen molar-refractivity contribution in [2.24, 2.45) is 4.99 Å². The molecule has 0 saturated heterocycles. The maximum atomic E-state index is 11.4. The van der Waals surface area contributed by atoms with Crippen LogP contribution in [0.4, 0.5) is 5.69 Å². The van der Waals surface area contributed by atoms with Crippen LogP contribution in [0.3, 0.4) is 0 Å². The molecule has 1 heterocycles. The zero-order chi connectivity index (χ0) is 14.8. The van der Waals surface area contributed by atoms with Gasteiger partial charge in [0.25, 0.3) is 0 Å². The number of nitrogens with zero attached hydrogens (tertiary/aromatic N) is 1. The summed E-state index contributed by atoms with van der Waals surface area (Å²) in [7, 11) is -3.14. The topological polar surface area (TPSA) is 58.5 Å². The molecule has 0 atom stereocenters. The minimum atomic E-state index is -3.14. The van der Waals surface area contributed by atoms with Crippen molar-refractivity contribution in [3.05, 3.63) is 24.3 Å². The fourth-order valence-corrected chi connectivity index (χ4v) is 4.02.